The smallest absolute Gasteiger partial charge is 0.322 e. The van der Waals surface area contributed by atoms with E-state index in [9.17, 15) is 14.4 Å². The van der Waals surface area contributed by atoms with Gasteiger partial charge in [-0.15, -0.1) is 0 Å². The zero-order valence-electron chi connectivity index (χ0n) is 13.9. The summed E-state index contributed by atoms with van der Waals surface area (Å²) in [7, 11) is 0. The lowest BCUT2D eigenvalue weighted by molar-refractivity contribution is -0.123. The van der Waals surface area contributed by atoms with Crippen LogP contribution in [0.3, 0.4) is 0 Å². The van der Waals surface area contributed by atoms with E-state index in [1.54, 1.807) is 55.5 Å². The van der Waals surface area contributed by atoms with Gasteiger partial charge in [-0.25, -0.2) is 4.79 Å². The highest BCUT2D eigenvalue weighted by Gasteiger charge is 2.43. The summed E-state index contributed by atoms with van der Waals surface area (Å²) in [6.45, 7) is 1.60. The van der Waals surface area contributed by atoms with Crippen LogP contribution in [0.1, 0.15) is 18.1 Å². The zero-order valence-corrected chi connectivity index (χ0v) is 14.6. The normalized spacial score (nSPS) is 19.3. The summed E-state index contributed by atoms with van der Waals surface area (Å²) in [5.41, 5.74) is 0.712. The molecule has 1 atom stereocenters. The number of anilines is 1. The molecule has 132 valence electrons. The predicted molar refractivity (Wildman–Crippen MR) is 99.6 cm³/mol. The molecule has 1 saturated heterocycles. The van der Waals surface area contributed by atoms with Crippen molar-refractivity contribution in [2.75, 3.05) is 5.32 Å². The van der Waals surface area contributed by atoms with Crippen molar-refractivity contribution in [2.45, 2.75) is 12.5 Å². The number of nitrogens with one attached hydrogen (secondary N) is 3. The molecule has 0 spiro atoms. The fourth-order valence-corrected chi connectivity index (χ4v) is 2.82. The van der Waals surface area contributed by atoms with Crippen molar-refractivity contribution in [1.82, 2.24) is 10.6 Å². The molecule has 3 N–H and O–H groups in total. The second kappa shape index (κ2) is 7.01. The maximum absolute atomic E-state index is 12.1. The molecule has 1 aliphatic rings. The molecule has 0 aliphatic carbocycles. The van der Waals surface area contributed by atoms with Gasteiger partial charge in [-0.3, -0.25) is 14.9 Å². The molecule has 1 aliphatic heterocycles. The van der Waals surface area contributed by atoms with E-state index in [1.807, 2.05) is 6.07 Å². The number of carbonyl (C=O) groups is 3. The van der Waals surface area contributed by atoms with Crippen LogP contribution < -0.4 is 16.0 Å². The van der Waals surface area contributed by atoms with E-state index in [-0.39, 0.29) is 5.91 Å². The van der Waals surface area contributed by atoms with Gasteiger partial charge in [0.2, 0.25) is 5.91 Å². The lowest BCUT2D eigenvalue weighted by atomic mass is 9.92. The highest BCUT2D eigenvalue weighted by atomic mass is 35.5. The third-order valence-corrected chi connectivity index (χ3v) is 4.26. The number of rotatable bonds is 4. The van der Waals surface area contributed by atoms with Crippen molar-refractivity contribution in [3.8, 4) is 0 Å². The molecule has 7 heteroatoms. The van der Waals surface area contributed by atoms with E-state index in [1.165, 1.54) is 6.08 Å². The number of halogens is 1. The molecular formula is C19H16ClN3O3. The molecule has 2 aromatic rings. The van der Waals surface area contributed by atoms with Crippen LogP contribution in [0.5, 0.6) is 0 Å². The summed E-state index contributed by atoms with van der Waals surface area (Å²) in [4.78, 5) is 35.6. The molecule has 1 unspecified atom stereocenters. The van der Waals surface area contributed by atoms with E-state index in [2.05, 4.69) is 16.0 Å². The highest BCUT2D eigenvalue weighted by molar-refractivity contribution is 6.30. The van der Waals surface area contributed by atoms with Gasteiger partial charge in [0.1, 0.15) is 5.54 Å². The molecular weight excluding hydrogens is 354 g/mol. The van der Waals surface area contributed by atoms with Crippen molar-refractivity contribution in [3.63, 3.8) is 0 Å². The van der Waals surface area contributed by atoms with Gasteiger partial charge in [0, 0.05) is 16.8 Å². The van der Waals surface area contributed by atoms with Crippen LogP contribution in [0.4, 0.5) is 10.5 Å². The zero-order chi connectivity index (χ0) is 18.7. The molecule has 2 aromatic carbocycles. The monoisotopic (exact) mass is 369 g/mol. The number of hydrogen-bond acceptors (Lipinski definition) is 3. The maximum atomic E-state index is 12.1. The molecule has 0 radical (unpaired) electrons. The summed E-state index contributed by atoms with van der Waals surface area (Å²) in [5, 5.41) is 8.12. The minimum atomic E-state index is -1.17. The highest BCUT2D eigenvalue weighted by Crippen LogP contribution is 2.26. The molecule has 3 rings (SSSR count). The molecule has 6 nitrogen and oxygen atoms in total. The van der Waals surface area contributed by atoms with E-state index in [4.69, 9.17) is 11.6 Å². The number of carbonyl (C=O) groups excluding carboxylic acids is 3. The van der Waals surface area contributed by atoms with Crippen LogP contribution >= 0.6 is 11.6 Å². The minimum Gasteiger partial charge on any atom is -0.323 e. The molecule has 1 fully saturated rings. The fraction of sp³-hybridized carbons (Fsp3) is 0.105. The van der Waals surface area contributed by atoms with Crippen molar-refractivity contribution in [2.24, 2.45) is 0 Å². The Balaban J connectivity index is 1.74. The summed E-state index contributed by atoms with van der Waals surface area (Å²) in [5.74, 6) is -0.765. The Bertz CT molecular complexity index is 926. The summed E-state index contributed by atoms with van der Waals surface area (Å²) in [6.07, 6.45) is 3.04. The van der Waals surface area contributed by atoms with Crippen molar-refractivity contribution >= 4 is 41.2 Å². The fourth-order valence-electron chi connectivity index (χ4n) is 2.62. The van der Waals surface area contributed by atoms with Crippen molar-refractivity contribution in [1.29, 1.82) is 0 Å². The molecule has 0 saturated carbocycles. The minimum absolute atomic E-state index is 0.327. The summed E-state index contributed by atoms with van der Waals surface area (Å²) < 4.78 is 0. The van der Waals surface area contributed by atoms with Crippen LogP contribution in [0.2, 0.25) is 5.02 Å². The molecule has 1 heterocycles. The van der Waals surface area contributed by atoms with Crippen LogP contribution in [-0.2, 0) is 15.1 Å². The Morgan fingerprint density at radius 3 is 2.62 bits per heavy atom. The largest absolute Gasteiger partial charge is 0.323 e. The second-order valence-electron chi connectivity index (χ2n) is 5.99. The van der Waals surface area contributed by atoms with Gasteiger partial charge in [0.05, 0.1) is 0 Å². The average Bonchev–Trinajstić information content (AvgIpc) is 2.86. The summed E-state index contributed by atoms with van der Waals surface area (Å²) in [6, 6.07) is 13.3. The van der Waals surface area contributed by atoms with Gasteiger partial charge in [-0.1, -0.05) is 35.9 Å². The standard InChI is InChI=1S/C19H16ClN3O3/c1-19(17(25)22-18(26)23-19)13-5-3-7-15(11-13)21-16(24)9-8-12-4-2-6-14(20)10-12/h2-11H,1H3,(H,21,24)(H2,22,23,25,26). The number of imide groups is 1. The Morgan fingerprint density at radius 2 is 1.92 bits per heavy atom. The molecule has 0 aromatic heterocycles. The van der Waals surface area contributed by atoms with Crippen molar-refractivity contribution in [3.05, 3.63) is 70.8 Å². The van der Waals surface area contributed by atoms with Gasteiger partial charge in [-0.2, -0.15) is 0 Å². The first kappa shape index (κ1) is 17.7. The maximum Gasteiger partial charge on any atom is 0.322 e. The van der Waals surface area contributed by atoms with Crippen LogP contribution in [-0.4, -0.2) is 17.8 Å². The lowest BCUT2D eigenvalue weighted by Crippen LogP contribution is -2.40. The first-order chi connectivity index (χ1) is 12.4. The summed E-state index contributed by atoms with van der Waals surface area (Å²) >= 11 is 5.91. The van der Waals surface area contributed by atoms with Gasteiger partial charge in [0.15, 0.2) is 0 Å². The topological polar surface area (TPSA) is 87.3 Å². The Morgan fingerprint density at radius 1 is 1.15 bits per heavy atom. The van der Waals surface area contributed by atoms with E-state index < -0.39 is 17.5 Å². The average molecular weight is 370 g/mol. The Hall–Kier alpha value is -3.12. The second-order valence-corrected chi connectivity index (χ2v) is 6.43. The Kier molecular flexibility index (Phi) is 4.77. The van der Waals surface area contributed by atoms with Crippen LogP contribution in [0, 0.1) is 0 Å². The Labute approximate surface area is 155 Å². The van der Waals surface area contributed by atoms with Crippen molar-refractivity contribution < 1.29 is 14.4 Å². The molecule has 0 bridgehead atoms. The lowest BCUT2D eigenvalue weighted by Gasteiger charge is -2.21. The van der Waals surface area contributed by atoms with Gasteiger partial charge in [0.25, 0.3) is 5.91 Å². The molecule has 4 amide bonds. The predicted octanol–water partition coefficient (Wildman–Crippen LogP) is 3.05. The van der Waals surface area contributed by atoms with E-state index in [0.717, 1.165) is 5.56 Å². The number of benzene rings is 2. The van der Waals surface area contributed by atoms with Crippen LogP contribution in [0.15, 0.2) is 54.6 Å². The first-order valence-corrected chi connectivity index (χ1v) is 8.23. The number of amides is 4. The quantitative estimate of drug-likeness (QED) is 0.571. The third-order valence-electron chi connectivity index (χ3n) is 4.03. The van der Waals surface area contributed by atoms with E-state index >= 15 is 0 Å². The van der Waals surface area contributed by atoms with Gasteiger partial charge in [-0.05, 0) is 48.4 Å². The number of urea groups is 1. The van der Waals surface area contributed by atoms with Gasteiger partial charge >= 0.3 is 6.03 Å². The molecule has 26 heavy (non-hydrogen) atoms. The van der Waals surface area contributed by atoms with E-state index in [0.29, 0.717) is 16.3 Å². The first-order valence-electron chi connectivity index (χ1n) is 7.85. The van der Waals surface area contributed by atoms with Gasteiger partial charge < -0.3 is 10.6 Å². The van der Waals surface area contributed by atoms with Crippen LogP contribution in [0.25, 0.3) is 6.08 Å². The third kappa shape index (κ3) is 3.75. The number of hydrogen-bond donors (Lipinski definition) is 3. The SMILES string of the molecule is CC1(c2cccc(NC(=O)C=Cc3cccc(Cl)c3)c2)NC(=O)NC1=O.